The van der Waals surface area contributed by atoms with Gasteiger partial charge in [0.1, 0.15) is 0 Å². The highest BCUT2D eigenvalue weighted by Crippen LogP contribution is 2.48. The van der Waals surface area contributed by atoms with Crippen molar-refractivity contribution in [3.63, 3.8) is 0 Å². The maximum absolute atomic E-state index is 11.9. The summed E-state index contributed by atoms with van der Waals surface area (Å²) >= 11 is 0. The molecular weight excluding hydrogens is 442 g/mol. The topological polar surface area (TPSA) is 132 Å². The summed E-state index contributed by atoms with van der Waals surface area (Å²) in [4.78, 5) is -1.04. The van der Waals surface area contributed by atoms with Crippen LogP contribution in [0, 0.1) is 12.8 Å². The number of nitrogens with zero attached hydrogens (tertiary/aromatic N) is 1. The molecule has 1 heterocycles. The van der Waals surface area contributed by atoms with Crippen molar-refractivity contribution >= 4 is 20.2 Å². The van der Waals surface area contributed by atoms with Gasteiger partial charge >= 0.3 is 0 Å². The van der Waals surface area contributed by atoms with Crippen molar-refractivity contribution in [1.29, 1.82) is 0 Å². The highest BCUT2D eigenvalue weighted by Gasteiger charge is 2.51. The van der Waals surface area contributed by atoms with Gasteiger partial charge in [0.25, 0.3) is 20.2 Å². The maximum atomic E-state index is 11.9. The fraction of sp³-hybridized carbons (Fsp3) is 0.714. The molecule has 1 aromatic rings. The third-order valence-corrected chi connectivity index (χ3v) is 9.28. The van der Waals surface area contributed by atoms with Crippen LogP contribution in [0.3, 0.4) is 0 Å². The SMILES string of the molecule is CCC1(CC)CC(Cc2cc(S(=O)(=O)O)c(C)c(S(=O)(=O)O)c2)CC(CC)(CC)N1O. The van der Waals surface area contributed by atoms with Crippen molar-refractivity contribution in [3.8, 4) is 0 Å². The van der Waals surface area contributed by atoms with Crippen molar-refractivity contribution in [3.05, 3.63) is 23.3 Å². The van der Waals surface area contributed by atoms with Crippen LogP contribution in [-0.2, 0) is 26.7 Å². The van der Waals surface area contributed by atoms with Crippen LogP contribution < -0.4 is 0 Å². The van der Waals surface area contributed by atoms with E-state index in [4.69, 9.17) is 0 Å². The lowest BCUT2D eigenvalue weighted by molar-refractivity contribution is -0.275. The van der Waals surface area contributed by atoms with E-state index in [0.29, 0.717) is 24.8 Å². The first-order valence-electron chi connectivity index (χ1n) is 10.8. The predicted octanol–water partition coefficient (Wildman–Crippen LogP) is 4.25. The molecule has 0 aromatic heterocycles. The molecule has 0 aliphatic carbocycles. The number of rotatable bonds is 8. The molecule has 1 saturated heterocycles. The van der Waals surface area contributed by atoms with Gasteiger partial charge in [-0.25, -0.2) is 0 Å². The van der Waals surface area contributed by atoms with Crippen molar-refractivity contribution in [2.45, 2.75) is 100 Å². The third kappa shape index (κ3) is 4.99. The van der Waals surface area contributed by atoms with E-state index >= 15 is 0 Å². The van der Waals surface area contributed by atoms with Gasteiger partial charge < -0.3 is 5.21 Å². The van der Waals surface area contributed by atoms with Crippen LogP contribution in [0.5, 0.6) is 0 Å². The average Bonchev–Trinajstić information content (AvgIpc) is 2.68. The summed E-state index contributed by atoms with van der Waals surface area (Å²) < 4.78 is 66.6. The van der Waals surface area contributed by atoms with E-state index in [1.807, 2.05) is 27.7 Å². The van der Waals surface area contributed by atoms with Gasteiger partial charge in [-0.05, 0) is 81.0 Å². The fourth-order valence-electron chi connectivity index (χ4n) is 5.35. The third-order valence-electron chi connectivity index (χ3n) is 7.32. The van der Waals surface area contributed by atoms with Crippen LogP contribution in [0.15, 0.2) is 21.9 Å². The Morgan fingerprint density at radius 3 is 1.52 bits per heavy atom. The number of hydrogen-bond acceptors (Lipinski definition) is 6. The summed E-state index contributed by atoms with van der Waals surface area (Å²) in [5.74, 6) is 0.0504. The van der Waals surface area contributed by atoms with Gasteiger partial charge in [0.2, 0.25) is 0 Å². The molecule has 0 saturated carbocycles. The molecule has 1 aliphatic rings. The highest BCUT2D eigenvalue weighted by atomic mass is 32.2. The van der Waals surface area contributed by atoms with E-state index in [1.165, 1.54) is 19.1 Å². The summed E-state index contributed by atoms with van der Waals surface area (Å²) in [5, 5.41) is 12.7. The van der Waals surface area contributed by atoms with Gasteiger partial charge in [-0.3, -0.25) is 9.11 Å². The molecule has 1 fully saturated rings. The number of benzene rings is 1. The Hall–Kier alpha value is -1.04. The average molecular weight is 478 g/mol. The van der Waals surface area contributed by atoms with Crippen LogP contribution in [-0.4, -0.2) is 47.3 Å². The molecule has 0 atom stereocenters. The summed E-state index contributed by atoms with van der Waals surface area (Å²) in [6, 6.07) is 2.56. The van der Waals surface area contributed by atoms with Gasteiger partial charge in [-0.2, -0.15) is 21.9 Å². The standard InChI is InChI=1S/C21H35NO7S2/c1-6-20(7-2)13-17(14-21(8-3,9-4)22(20)23)10-16-11-18(30(24,25)26)15(5)19(12-16)31(27,28)29/h11-12,17,23H,6-10,13-14H2,1-5H3,(H,24,25,26)(H,27,28,29). The molecule has 178 valence electrons. The smallest absolute Gasteiger partial charge is 0.294 e. The Bertz CT molecular complexity index is 935. The minimum atomic E-state index is -4.68. The second kappa shape index (κ2) is 9.07. The molecule has 31 heavy (non-hydrogen) atoms. The molecule has 8 nitrogen and oxygen atoms in total. The lowest BCUT2D eigenvalue weighted by atomic mass is 9.67. The summed E-state index contributed by atoms with van der Waals surface area (Å²) in [6.07, 6.45) is 4.63. The van der Waals surface area contributed by atoms with E-state index in [9.17, 15) is 31.1 Å². The van der Waals surface area contributed by atoms with Crippen LogP contribution in [0.4, 0.5) is 0 Å². The molecular formula is C21H35NO7S2. The molecule has 1 aliphatic heterocycles. The fourth-order valence-corrected chi connectivity index (χ4v) is 7.01. The Morgan fingerprint density at radius 2 is 1.23 bits per heavy atom. The summed E-state index contributed by atoms with van der Waals surface area (Å²) in [5.41, 5.74) is -0.675. The molecule has 0 bridgehead atoms. The second-order valence-corrected chi connectivity index (χ2v) is 11.6. The first-order chi connectivity index (χ1) is 14.2. The normalized spacial score (nSPS) is 20.1. The van der Waals surface area contributed by atoms with Crippen molar-refractivity contribution in [2.24, 2.45) is 5.92 Å². The van der Waals surface area contributed by atoms with Crippen LogP contribution >= 0.6 is 0 Å². The van der Waals surface area contributed by atoms with Gasteiger partial charge in [0.15, 0.2) is 0 Å². The largest absolute Gasteiger partial charge is 0.313 e. The Morgan fingerprint density at radius 1 is 0.871 bits per heavy atom. The van der Waals surface area contributed by atoms with Crippen LogP contribution in [0.25, 0.3) is 0 Å². The minimum absolute atomic E-state index is 0.0504. The molecule has 10 heteroatoms. The quantitative estimate of drug-likeness (QED) is 0.473. The summed E-state index contributed by atoms with van der Waals surface area (Å²) in [6.45, 7) is 9.36. The van der Waals surface area contributed by atoms with E-state index < -0.39 is 41.1 Å². The first kappa shape index (κ1) is 26.2. The monoisotopic (exact) mass is 477 g/mol. The molecule has 1 aromatic carbocycles. The lowest BCUT2D eigenvalue weighted by Gasteiger charge is -2.56. The lowest BCUT2D eigenvalue weighted by Crippen LogP contribution is -2.63. The van der Waals surface area contributed by atoms with Crippen molar-refractivity contribution < 1.29 is 31.1 Å². The van der Waals surface area contributed by atoms with Gasteiger partial charge in [0.05, 0.1) is 9.79 Å². The van der Waals surface area contributed by atoms with Gasteiger partial charge in [0, 0.05) is 11.1 Å². The number of hydroxylamine groups is 2. The van der Waals surface area contributed by atoms with Crippen molar-refractivity contribution in [1.82, 2.24) is 5.06 Å². The molecule has 0 radical (unpaired) electrons. The van der Waals surface area contributed by atoms with E-state index in [-0.39, 0.29) is 11.5 Å². The Balaban J connectivity index is 2.59. The van der Waals surface area contributed by atoms with Crippen LogP contribution in [0.2, 0.25) is 0 Å². The molecule has 0 spiro atoms. The van der Waals surface area contributed by atoms with Crippen molar-refractivity contribution in [2.75, 3.05) is 0 Å². The predicted molar refractivity (Wildman–Crippen MR) is 117 cm³/mol. The van der Waals surface area contributed by atoms with E-state index in [2.05, 4.69) is 0 Å². The zero-order chi connectivity index (χ0) is 23.8. The van der Waals surface area contributed by atoms with Gasteiger partial charge in [-0.1, -0.05) is 27.7 Å². The zero-order valence-electron chi connectivity index (χ0n) is 18.9. The molecule has 0 amide bonds. The number of piperidine rings is 1. The highest BCUT2D eigenvalue weighted by molar-refractivity contribution is 7.86. The number of hydrogen-bond donors (Lipinski definition) is 3. The zero-order valence-corrected chi connectivity index (χ0v) is 20.6. The maximum Gasteiger partial charge on any atom is 0.294 e. The first-order valence-corrected chi connectivity index (χ1v) is 13.7. The Kier molecular flexibility index (Phi) is 7.67. The van der Waals surface area contributed by atoms with Gasteiger partial charge in [-0.15, -0.1) is 0 Å². The molecule has 0 unspecified atom stereocenters. The Labute approximate surface area is 186 Å². The molecule has 2 rings (SSSR count). The van der Waals surface area contributed by atoms with E-state index in [0.717, 1.165) is 25.7 Å². The second-order valence-electron chi connectivity index (χ2n) is 8.82. The van der Waals surface area contributed by atoms with Crippen LogP contribution in [0.1, 0.15) is 77.3 Å². The minimum Gasteiger partial charge on any atom is -0.313 e. The van der Waals surface area contributed by atoms with E-state index in [1.54, 1.807) is 5.06 Å². The molecule has 3 N–H and O–H groups in total. The summed E-state index contributed by atoms with van der Waals surface area (Å²) in [7, 11) is -9.35.